The molecule has 154 valence electrons. The molecule has 3 amide bonds. The fourth-order valence-corrected chi connectivity index (χ4v) is 2.70. The molecular weight excluding hydrogens is 369 g/mol. The van der Waals surface area contributed by atoms with Crippen LogP contribution in [0.15, 0.2) is 24.3 Å². The van der Waals surface area contributed by atoms with Crippen LogP contribution in [0.5, 0.6) is 0 Å². The normalized spacial score (nSPS) is 13.7. The van der Waals surface area contributed by atoms with E-state index < -0.39 is 47.5 Å². The molecule has 1 aromatic rings. The van der Waals surface area contributed by atoms with Gasteiger partial charge in [-0.3, -0.25) is 19.2 Å². The number of halogens is 1. The number of carbonyl (C=O) groups is 4. The molecular formula is C19H26FN3O5. The Balaban J connectivity index is 2.91. The predicted octanol–water partition coefficient (Wildman–Crippen LogP) is 0.432. The van der Waals surface area contributed by atoms with Crippen LogP contribution in [0.3, 0.4) is 0 Å². The molecule has 1 aromatic carbocycles. The predicted molar refractivity (Wildman–Crippen MR) is 99.2 cm³/mol. The van der Waals surface area contributed by atoms with Gasteiger partial charge in [0.15, 0.2) is 0 Å². The minimum absolute atomic E-state index is 0.0148. The maximum Gasteiger partial charge on any atom is 0.306 e. The van der Waals surface area contributed by atoms with Gasteiger partial charge in [-0.2, -0.15) is 0 Å². The van der Waals surface area contributed by atoms with Crippen LogP contribution in [0, 0.1) is 11.7 Å². The fraction of sp³-hybridized carbons (Fsp3) is 0.474. The minimum Gasteiger partial charge on any atom is -0.466 e. The van der Waals surface area contributed by atoms with Crippen LogP contribution < -0.4 is 16.4 Å². The smallest absolute Gasteiger partial charge is 0.306 e. The van der Waals surface area contributed by atoms with Gasteiger partial charge in [0.2, 0.25) is 17.7 Å². The molecule has 28 heavy (non-hydrogen) atoms. The minimum atomic E-state index is -1.14. The van der Waals surface area contributed by atoms with Gasteiger partial charge in [-0.1, -0.05) is 19.1 Å². The molecule has 0 heterocycles. The van der Waals surface area contributed by atoms with Crippen molar-refractivity contribution in [3.63, 3.8) is 0 Å². The number of amides is 3. The molecule has 4 N–H and O–H groups in total. The number of rotatable bonds is 10. The van der Waals surface area contributed by atoms with Crippen LogP contribution >= 0.6 is 0 Å². The van der Waals surface area contributed by atoms with Crippen molar-refractivity contribution in [2.45, 2.75) is 45.7 Å². The van der Waals surface area contributed by atoms with Crippen LogP contribution in [0.1, 0.15) is 32.8 Å². The van der Waals surface area contributed by atoms with Crippen molar-refractivity contribution < 1.29 is 28.3 Å². The molecule has 0 aliphatic rings. The molecule has 0 saturated carbocycles. The van der Waals surface area contributed by atoms with Crippen molar-refractivity contribution in [3.8, 4) is 0 Å². The van der Waals surface area contributed by atoms with Gasteiger partial charge in [0.1, 0.15) is 17.9 Å². The van der Waals surface area contributed by atoms with Gasteiger partial charge in [0, 0.05) is 13.3 Å². The zero-order chi connectivity index (χ0) is 21.3. The summed E-state index contributed by atoms with van der Waals surface area (Å²) in [5.41, 5.74) is 5.86. The molecule has 0 aliphatic heterocycles. The number of carbonyl (C=O) groups excluding carboxylic acids is 4. The van der Waals surface area contributed by atoms with E-state index in [0.29, 0.717) is 5.56 Å². The van der Waals surface area contributed by atoms with E-state index >= 15 is 0 Å². The second kappa shape index (κ2) is 11.0. The summed E-state index contributed by atoms with van der Waals surface area (Å²) in [6.45, 7) is 4.66. The first-order valence-corrected chi connectivity index (χ1v) is 8.90. The molecule has 0 aromatic heterocycles. The summed E-state index contributed by atoms with van der Waals surface area (Å²) in [5.74, 6) is -3.57. The quantitative estimate of drug-likeness (QED) is 0.495. The Morgan fingerprint density at radius 2 is 1.89 bits per heavy atom. The summed E-state index contributed by atoms with van der Waals surface area (Å²) >= 11 is 0. The molecule has 0 aliphatic carbocycles. The molecule has 8 nitrogen and oxygen atoms in total. The number of benzene rings is 1. The van der Waals surface area contributed by atoms with Crippen molar-refractivity contribution in [2.75, 3.05) is 6.61 Å². The van der Waals surface area contributed by atoms with E-state index in [1.165, 1.54) is 25.1 Å². The number of nitrogens with one attached hydrogen (secondary N) is 2. The monoisotopic (exact) mass is 395 g/mol. The van der Waals surface area contributed by atoms with Crippen LogP contribution in [0.25, 0.3) is 0 Å². The van der Waals surface area contributed by atoms with Gasteiger partial charge < -0.3 is 21.1 Å². The number of hydrogen-bond donors (Lipinski definition) is 3. The zero-order valence-electron chi connectivity index (χ0n) is 16.2. The van der Waals surface area contributed by atoms with Gasteiger partial charge in [-0.15, -0.1) is 0 Å². The summed E-state index contributed by atoms with van der Waals surface area (Å²) in [4.78, 5) is 47.5. The maximum atomic E-state index is 13.4. The average Bonchev–Trinajstić information content (AvgIpc) is 2.58. The lowest BCUT2D eigenvalue weighted by atomic mass is 9.96. The van der Waals surface area contributed by atoms with Gasteiger partial charge in [-0.25, -0.2) is 4.39 Å². The highest BCUT2D eigenvalue weighted by Gasteiger charge is 2.30. The second-order valence-electron chi connectivity index (χ2n) is 6.46. The van der Waals surface area contributed by atoms with E-state index in [-0.39, 0.29) is 19.4 Å². The Morgan fingerprint density at radius 3 is 2.43 bits per heavy atom. The first-order chi connectivity index (χ1) is 13.1. The topological polar surface area (TPSA) is 128 Å². The summed E-state index contributed by atoms with van der Waals surface area (Å²) < 4.78 is 18.2. The third-order valence-electron chi connectivity index (χ3n) is 3.99. The molecule has 0 bridgehead atoms. The third-order valence-corrected chi connectivity index (χ3v) is 3.99. The number of nitrogens with two attached hydrogens (primary N) is 1. The maximum absolute atomic E-state index is 13.4. The first-order valence-electron chi connectivity index (χ1n) is 8.90. The third kappa shape index (κ3) is 7.73. The summed E-state index contributed by atoms with van der Waals surface area (Å²) in [6, 6.07) is 3.42. The van der Waals surface area contributed by atoms with Gasteiger partial charge in [0.25, 0.3) is 0 Å². The standard InChI is InChI=1S/C19H26FN3O5/c1-4-28-16(25)8-11(2)17(18(21)26)23-19(27)15(22-12(3)24)10-13-6-5-7-14(20)9-13/h5-7,9,11,15,17H,4,8,10H2,1-3H3,(H2,21,26)(H,22,24)(H,23,27)/t11-,15-,17+/m0/s1. The van der Waals surface area contributed by atoms with Crippen LogP contribution in [0.2, 0.25) is 0 Å². The van der Waals surface area contributed by atoms with E-state index in [1.807, 2.05) is 0 Å². The summed E-state index contributed by atoms with van der Waals surface area (Å²) in [7, 11) is 0. The molecule has 0 radical (unpaired) electrons. The van der Waals surface area contributed by atoms with Crippen molar-refractivity contribution >= 4 is 23.7 Å². The highest BCUT2D eigenvalue weighted by Crippen LogP contribution is 2.12. The van der Waals surface area contributed by atoms with E-state index in [2.05, 4.69) is 10.6 Å². The number of esters is 1. The molecule has 9 heteroatoms. The molecule has 0 spiro atoms. The van der Waals surface area contributed by atoms with Crippen LogP contribution in [-0.2, 0) is 30.3 Å². The highest BCUT2D eigenvalue weighted by molar-refractivity contribution is 5.91. The second-order valence-corrected chi connectivity index (χ2v) is 6.46. The Kier molecular flexibility index (Phi) is 9.07. The Bertz CT molecular complexity index is 725. The Morgan fingerprint density at radius 1 is 1.21 bits per heavy atom. The van der Waals surface area contributed by atoms with Gasteiger partial charge >= 0.3 is 5.97 Å². The summed E-state index contributed by atoms with van der Waals surface area (Å²) in [6.07, 6.45) is -0.0999. The lowest BCUT2D eigenvalue weighted by Gasteiger charge is -2.25. The van der Waals surface area contributed by atoms with Crippen molar-refractivity contribution in [3.05, 3.63) is 35.6 Å². The largest absolute Gasteiger partial charge is 0.466 e. The van der Waals surface area contributed by atoms with Gasteiger partial charge in [0.05, 0.1) is 13.0 Å². The number of ether oxygens (including phenoxy) is 1. The molecule has 0 unspecified atom stereocenters. The fourth-order valence-electron chi connectivity index (χ4n) is 2.70. The molecule has 3 atom stereocenters. The number of primary amides is 1. The Hall–Kier alpha value is -2.97. The Labute approximate surface area is 163 Å². The van der Waals surface area contributed by atoms with Crippen molar-refractivity contribution in [2.24, 2.45) is 11.7 Å². The van der Waals surface area contributed by atoms with E-state index in [9.17, 15) is 23.6 Å². The van der Waals surface area contributed by atoms with E-state index in [0.717, 1.165) is 0 Å². The van der Waals surface area contributed by atoms with Crippen LogP contribution in [-0.4, -0.2) is 42.4 Å². The SMILES string of the molecule is CCOC(=O)C[C@H](C)[C@@H](NC(=O)[C@H](Cc1cccc(F)c1)NC(C)=O)C(N)=O. The highest BCUT2D eigenvalue weighted by atomic mass is 19.1. The van der Waals surface area contributed by atoms with Crippen molar-refractivity contribution in [1.29, 1.82) is 0 Å². The molecule has 1 rings (SSSR count). The van der Waals surface area contributed by atoms with Crippen molar-refractivity contribution in [1.82, 2.24) is 10.6 Å². The zero-order valence-corrected chi connectivity index (χ0v) is 16.2. The lowest BCUT2D eigenvalue weighted by Crippen LogP contribution is -2.55. The first kappa shape index (κ1) is 23.1. The lowest BCUT2D eigenvalue weighted by molar-refractivity contribution is -0.145. The molecule has 0 saturated heterocycles. The van der Waals surface area contributed by atoms with E-state index in [1.54, 1.807) is 19.9 Å². The van der Waals surface area contributed by atoms with E-state index in [4.69, 9.17) is 10.5 Å². The van der Waals surface area contributed by atoms with Gasteiger partial charge in [-0.05, 0) is 30.5 Å². The average molecular weight is 395 g/mol. The molecule has 0 fully saturated rings. The number of hydrogen-bond acceptors (Lipinski definition) is 5. The van der Waals surface area contributed by atoms with Crippen LogP contribution in [0.4, 0.5) is 4.39 Å². The summed E-state index contributed by atoms with van der Waals surface area (Å²) in [5, 5.41) is 4.95.